The zero-order chi connectivity index (χ0) is 13.2. The van der Waals surface area contributed by atoms with Gasteiger partial charge in [0.25, 0.3) is 0 Å². The van der Waals surface area contributed by atoms with Gasteiger partial charge in [-0.1, -0.05) is 6.07 Å². The first-order valence-electron chi connectivity index (χ1n) is 5.94. The second-order valence-corrected chi connectivity index (χ2v) is 4.25. The van der Waals surface area contributed by atoms with Crippen molar-refractivity contribution in [2.24, 2.45) is 0 Å². The van der Waals surface area contributed by atoms with Crippen LogP contribution in [0.5, 0.6) is 0 Å². The molecule has 3 rings (SSSR count). The molecule has 0 atom stereocenters. The maximum Gasteiger partial charge on any atom is 0.222 e. The Balaban J connectivity index is 2.05. The molecule has 0 amide bonds. The summed E-state index contributed by atoms with van der Waals surface area (Å²) in [7, 11) is 0. The number of nitrogens with two attached hydrogens (primary N) is 1. The lowest BCUT2D eigenvalue weighted by Crippen LogP contribution is -2.01. The quantitative estimate of drug-likeness (QED) is 0.732. The lowest BCUT2D eigenvalue weighted by atomic mass is 10.2. The first-order valence-corrected chi connectivity index (χ1v) is 5.94. The van der Waals surface area contributed by atoms with Gasteiger partial charge in [-0.2, -0.15) is 4.98 Å². The molecule has 0 radical (unpaired) electrons. The highest BCUT2D eigenvalue weighted by Crippen LogP contribution is 2.24. The number of rotatable bonds is 2. The molecule has 0 unspecified atom stereocenters. The number of anilines is 3. The highest BCUT2D eigenvalue weighted by molar-refractivity contribution is 5.92. The Kier molecular flexibility index (Phi) is 2.72. The van der Waals surface area contributed by atoms with Gasteiger partial charge in [-0.05, 0) is 31.2 Å². The Labute approximate surface area is 110 Å². The average Bonchev–Trinajstić information content (AvgIpc) is 2.38. The van der Waals surface area contributed by atoms with Crippen molar-refractivity contribution in [1.29, 1.82) is 0 Å². The number of aryl methyl sites for hydroxylation is 1. The van der Waals surface area contributed by atoms with Gasteiger partial charge in [0, 0.05) is 29.0 Å². The fraction of sp³-hybridized carbons (Fsp3) is 0.0714. The maximum atomic E-state index is 5.65. The van der Waals surface area contributed by atoms with Crippen LogP contribution in [0.2, 0.25) is 0 Å². The number of aromatic nitrogens is 3. The third-order valence-electron chi connectivity index (χ3n) is 2.78. The smallest absolute Gasteiger partial charge is 0.222 e. The van der Waals surface area contributed by atoms with Crippen LogP contribution >= 0.6 is 0 Å². The topological polar surface area (TPSA) is 76.7 Å². The lowest BCUT2D eigenvalue weighted by Gasteiger charge is -2.09. The Morgan fingerprint density at radius 3 is 2.84 bits per heavy atom. The Morgan fingerprint density at radius 2 is 2.00 bits per heavy atom. The molecule has 2 heterocycles. The predicted octanol–water partition coefficient (Wildman–Crippen LogP) is 2.66. The predicted molar refractivity (Wildman–Crippen MR) is 76.2 cm³/mol. The molecule has 5 heteroatoms. The van der Waals surface area contributed by atoms with Crippen LogP contribution in [-0.2, 0) is 0 Å². The molecule has 0 saturated carbocycles. The summed E-state index contributed by atoms with van der Waals surface area (Å²) in [5.74, 6) is 0.946. The van der Waals surface area contributed by atoms with Gasteiger partial charge in [-0.3, -0.25) is 4.98 Å². The number of hydrogen-bond acceptors (Lipinski definition) is 5. The normalized spacial score (nSPS) is 10.6. The van der Waals surface area contributed by atoms with E-state index in [0.29, 0.717) is 5.82 Å². The number of nitrogens with zero attached hydrogens (tertiary/aromatic N) is 3. The van der Waals surface area contributed by atoms with Crippen LogP contribution in [0.25, 0.3) is 10.9 Å². The Hall–Kier alpha value is -2.69. The molecule has 94 valence electrons. The summed E-state index contributed by atoms with van der Waals surface area (Å²) in [4.78, 5) is 12.5. The molecule has 3 aromatic rings. The molecule has 0 saturated heterocycles. The first-order chi connectivity index (χ1) is 9.22. The minimum absolute atomic E-state index is 0.265. The highest BCUT2D eigenvalue weighted by Gasteiger charge is 2.04. The van der Waals surface area contributed by atoms with Gasteiger partial charge in [0.05, 0.1) is 5.52 Å². The summed E-state index contributed by atoms with van der Waals surface area (Å²) < 4.78 is 0. The van der Waals surface area contributed by atoms with Gasteiger partial charge in [0.15, 0.2) is 0 Å². The minimum Gasteiger partial charge on any atom is -0.368 e. The van der Waals surface area contributed by atoms with E-state index < -0.39 is 0 Å². The van der Waals surface area contributed by atoms with Crippen LogP contribution < -0.4 is 11.1 Å². The van der Waals surface area contributed by atoms with Crippen LogP contribution in [-0.4, -0.2) is 15.0 Å². The third-order valence-corrected chi connectivity index (χ3v) is 2.78. The fourth-order valence-corrected chi connectivity index (χ4v) is 2.01. The number of nitrogens with one attached hydrogen (secondary N) is 1. The maximum absolute atomic E-state index is 5.65. The van der Waals surface area contributed by atoms with Gasteiger partial charge in [-0.15, -0.1) is 0 Å². The van der Waals surface area contributed by atoms with E-state index in [2.05, 4.69) is 20.3 Å². The van der Waals surface area contributed by atoms with E-state index in [1.807, 2.05) is 43.3 Å². The van der Waals surface area contributed by atoms with Crippen molar-refractivity contribution in [2.75, 3.05) is 11.1 Å². The number of hydrogen-bond donors (Lipinski definition) is 2. The third kappa shape index (κ3) is 2.30. The number of nitrogen functional groups attached to an aromatic ring is 1. The van der Waals surface area contributed by atoms with Gasteiger partial charge in [0.2, 0.25) is 5.95 Å². The first kappa shape index (κ1) is 11.4. The van der Waals surface area contributed by atoms with Crippen molar-refractivity contribution in [1.82, 2.24) is 15.0 Å². The monoisotopic (exact) mass is 251 g/mol. The molecule has 19 heavy (non-hydrogen) atoms. The molecule has 5 nitrogen and oxygen atoms in total. The van der Waals surface area contributed by atoms with E-state index in [-0.39, 0.29) is 5.95 Å². The van der Waals surface area contributed by atoms with Crippen LogP contribution in [0.15, 0.2) is 42.6 Å². The van der Waals surface area contributed by atoms with Gasteiger partial charge >= 0.3 is 0 Å². The molecule has 1 aromatic carbocycles. The second kappa shape index (κ2) is 4.53. The fourth-order valence-electron chi connectivity index (χ4n) is 2.01. The van der Waals surface area contributed by atoms with Crippen LogP contribution in [0.3, 0.4) is 0 Å². The summed E-state index contributed by atoms with van der Waals surface area (Å²) in [5, 5.41) is 4.30. The van der Waals surface area contributed by atoms with Gasteiger partial charge in [0.1, 0.15) is 5.82 Å². The standard InChI is InChI=1S/C14H13N5/c1-9-8-13(19-14(15)17-9)18-12-6-2-5-11-10(12)4-3-7-16-11/h2-8H,1H3,(H3,15,17,18,19). The van der Waals surface area contributed by atoms with Crippen LogP contribution in [0, 0.1) is 6.92 Å². The van der Waals surface area contributed by atoms with Crippen LogP contribution in [0.4, 0.5) is 17.5 Å². The zero-order valence-corrected chi connectivity index (χ0v) is 10.5. The molecular formula is C14H13N5. The van der Waals surface area contributed by atoms with Crippen molar-refractivity contribution >= 4 is 28.4 Å². The lowest BCUT2D eigenvalue weighted by molar-refractivity contribution is 1.12. The van der Waals surface area contributed by atoms with E-state index in [1.54, 1.807) is 6.20 Å². The van der Waals surface area contributed by atoms with E-state index in [1.165, 1.54) is 0 Å². The largest absolute Gasteiger partial charge is 0.368 e. The number of benzene rings is 1. The van der Waals surface area contributed by atoms with Crippen molar-refractivity contribution in [3.63, 3.8) is 0 Å². The van der Waals surface area contributed by atoms with Crippen molar-refractivity contribution < 1.29 is 0 Å². The molecular weight excluding hydrogens is 238 g/mol. The summed E-state index contributed by atoms with van der Waals surface area (Å²) in [6.45, 7) is 1.88. The molecule has 0 aliphatic carbocycles. The summed E-state index contributed by atoms with van der Waals surface area (Å²) in [5.41, 5.74) is 8.36. The van der Waals surface area contributed by atoms with Crippen LogP contribution in [0.1, 0.15) is 5.69 Å². The second-order valence-electron chi connectivity index (χ2n) is 4.25. The summed E-state index contributed by atoms with van der Waals surface area (Å²) >= 11 is 0. The summed E-state index contributed by atoms with van der Waals surface area (Å²) in [6, 6.07) is 11.7. The number of pyridine rings is 1. The van der Waals surface area contributed by atoms with Crippen molar-refractivity contribution in [3.8, 4) is 0 Å². The molecule has 0 spiro atoms. The van der Waals surface area contributed by atoms with E-state index in [0.717, 1.165) is 22.3 Å². The molecule has 0 aliphatic heterocycles. The molecule has 3 N–H and O–H groups in total. The Bertz CT molecular complexity index is 713. The van der Waals surface area contributed by atoms with E-state index in [9.17, 15) is 0 Å². The van der Waals surface area contributed by atoms with Gasteiger partial charge in [-0.25, -0.2) is 4.98 Å². The minimum atomic E-state index is 0.265. The van der Waals surface area contributed by atoms with Gasteiger partial charge < -0.3 is 11.1 Å². The SMILES string of the molecule is Cc1cc(Nc2cccc3ncccc23)nc(N)n1. The molecule has 0 aliphatic rings. The van der Waals surface area contributed by atoms with E-state index >= 15 is 0 Å². The van der Waals surface area contributed by atoms with E-state index in [4.69, 9.17) is 5.73 Å². The summed E-state index contributed by atoms with van der Waals surface area (Å²) in [6.07, 6.45) is 1.78. The molecule has 2 aromatic heterocycles. The average molecular weight is 251 g/mol. The molecule has 0 fully saturated rings. The van der Waals surface area contributed by atoms with Crippen molar-refractivity contribution in [3.05, 3.63) is 48.3 Å². The zero-order valence-electron chi connectivity index (χ0n) is 10.5. The highest BCUT2D eigenvalue weighted by atomic mass is 15.1. The molecule has 0 bridgehead atoms. The number of fused-ring (bicyclic) bond motifs is 1. The Morgan fingerprint density at radius 1 is 1.11 bits per heavy atom. The van der Waals surface area contributed by atoms with Crippen molar-refractivity contribution in [2.45, 2.75) is 6.92 Å².